The number of fused-ring (bicyclic) bond motifs is 3. The standard InChI is InChI=1S/C28H31N7O4/c1-16-25-19-13-22(18-5-3-4-6-23(18)36)33-34-26(19)31-21(25)9-12-35(16)28-30-14-20(17-7-10-29-11-8-17)27(32-28)39-15-24(37)38-2/h3-6,13-14,16-17,29,36H,7-12,15H2,1-2H3,(H,31,34)/t16-/m1/s1. The van der Waals surface area contributed by atoms with Crippen molar-refractivity contribution in [3.8, 4) is 22.9 Å². The molecule has 11 heteroatoms. The number of aromatic hydroxyl groups is 1. The maximum Gasteiger partial charge on any atom is 0.343 e. The predicted molar refractivity (Wildman–Crippen MR) is 145 cm³/mol. The van der Waals surface area contributed by atoms with Crippen molar-refractivity contribution in [1.29, 1.82) is 0 Å². The van der Waals surface area contributed by atoms with Crippen LogP contribution in [0.3, 0.4) is 0 Å². The molecule has 0 bridgehead atoms. The number of carbonyl (C=O) groups is 1. The van der Waals surface area contributed by atoms with Crippen LogP contribution in [0.2, 0.25) is 0 Å². The summed E-state index contributed by atoms with van der Waals surface area (Å²) in [6.45, 7) is 4.44. The average Bonchev–Trinajstić information content (AvgIpc) is 3.35. The van der Waals surface area contributed by atoms with Crippen molar-refractivity contribution >= 4 is 23.0 Å². The second kappa shape index (κ2) is 10.5. The monoisotopic (exact) mass is 529 g/mol. The fraction of sp³-hybridized carbons (Fsp3) is 0.393. The molecule has 0 spiro atoms. The van der Waals surface area contributed by atoms with E-state index in [1.54, 1.807) is 12.1 Å². The zero-order chi connectivity index (χ0) is 26.9. The van der Waals surface area contributed by atoms with Gasteiger partial charge in [-0.2, -0.15) is 4.98 Å². The molecule has 5 heterocycles. The van der Waals surface area contributed by atoms with Crippen LogP contribution in [0.25, 0.3) is 22.3 Å². The van der Waals surface area contributed by atoms with Crippen LogP contribution in [0.1, 0.15) is 48.5 Å². The molecule has 1 aromatic carbocycles. The Hall–Kier alpha value is -4.25. The Kier molecular flexibility index (Phi) is 6.74. The van der Waals surface area contributed by atoms with Gasteiger partial charge in [0.1, 0.15) is 5.75 Å². The zero-order valence-corrected chi connectivity index (χ0v) is 22.0. The van der Waals surface area contributed by atoms with Crippen LogP contribution in [-0.4, -0.2) is 69.6 Å². The fourth-order valence-corrected chi connectivity index (χ4v) is 5.63. The molecule has 4 aromatic rings. The lowest BCUT2D eigenvalue weighted by Gasteiger charge is -2.34. The van der Waals surface area contributed by atoms with E-state index in [1.165, 1.54) is 7.11 Å². The van der Waals surface area contributed by atoms with Gasteiger partial charge in [-0.05, 0) is 57.0 Å². The molecule has 202 valence electrons. The molecule has 2 aliphatic rings. The number of hydrogen-bond donors (Lipinski definition) is 3. The van der Waals surface area contributed by atoms with Gasteiger partial charge in [0.15, 0.2) is 12.3 Å². The molecule has 11 nitrogen and oxygen atoms in total. The molecule has 3 aromatic heterocycles. The maximum atomic E-state index is 11.9. The fourth-order valence-electron chi connectivity index (χ4n) is 5.63. The third-order valence-electron chi connectivity index (χ3n) is 7.70. The van der Waals surface area contributed by atoms with Crippen molar-refractivity contribution in [2.24, 2.45) is 0 Å². The molecule has 0 aliphatic carbocycles. The Morgan fingerprint density at radius 3 is 2.82 bits per heavy atom. The number of ether oxygens (including phenoxy) is 2. The first-order valence-corrected chi connectivity index (χ1v) is 13.2. The van der Waals surface area contributed by atoms with Crippen LogP contribution in [0.4, 0.5) is 5.95 Å². The van der Waals surface area contributed by atoms with Gasteiger partial charge in [-0.25, -0.2) is 9.78 Å². The minimum absolute atomic E-state index is 0.0675. The van der Waals surface area contributed by atoms with Gasteiger partial charge >= 0.3 is 5.97 Å². The van der Waals surface area contributed by atoms with Gasteiger partial charge in [0.25, 0.3) is 0 Å². The van der Waals surface area contributed by atoms with Crippen molar-refractivity contribution in [2.75, 3.05) is 38.3 Å². The Balaban J connectivity index is 1.35. The number of para-hydroxylation sites is 1. The third kappa shape index (κ3) is 4.74. The summed E-state index contributed by atoms with van der Waals surface area (Å²) in [5, 5.41) is 23.5. The summed E-state index contributed by atoms with van der Waals surface area (Å²) in [6.07, 6.45) is 4.51. The first-order valence-electron chi connectivity index (χ1n) is 13.2. The van der Waals surface area contributed by atoms with Crippen molar-refractivity contribution < 1.29 is 19.4 Å². The van der Waals surface area contributed by atoms with Gasteiger partial charge in [-0.1, -0.05) is 12.1 Å². The number of H-pyrrole nitrogens is 1. The first-order chi connectivity index (χ1) is 19.0. The van der Waals surface area contributed by atoms with Gasteiger partial charge < -0.3 is 29.8 Å². The number of phenols is 1. The van der Waals surface area contributed by atoms with E-state index in [1.807, 2.05) is 24.4 Å². The highest BCUT2D eigenvalue weighted by Gasteiger charge is 2.31. The largest absolute Gasteiger partial charge is 0.507 e. The molecule has 1 atom stereocenters. The summed E-state index contributed by atoms with van der Waals surface area (Å²) in [4.78, 5) is 27.0. The normalized spacial score (nSPS) is 17.7. The second-order valence-electron chi connectivity index (χ2n) is 9.97. The van der Waals surface area contributed by atoms with Gasteiger partial charge in [-0.3, -0.25) is 0 Å². The molecule has 0 unspecified atom stereocenters. The van der Waals surface area contributed by atoms with Gasteiger partial charge in [0.05, 0.1) is 18.8 Å². The number of piperidine rings is 1. The van der Waals surface area contributed by atoms with Crippen LogP contribution in [0.5, 0.6) is 11.6 Å². The highest BCUT2D eigenvalue weighted by molar-refractivity contribution is 5.86. The second-order valence-corrected chi connectivity index (χ2v) is 9.97. The number of anilines is 1. The number of aromatic nitrogens is 5. The minimum atomic E-state index is -0.456. The van der Waals surface area contributed by atoms with Crippen LogP contribution in [0.15, 0.2) is 36.5 Å². The van der Waals surface area contributed by atoms with E-state index in [0.29, 0.717) is 35.3 Å². The molecular formula is C28H31N7O4. The molecular weight excluding hydrogens is 498 g/mol. The number of nitrogens with zero attached hydrogens (tertiary/aromatic N) is 5. The van der Waals surface area contributed by atoms with Crippen molar-refractivity contribution in [1.82, 2.24) is 30.5 Å². The molecule has 1 saturated heterocycles. The number of hydrogen-bond acceptors (Lipinski definition) is 10. The molecule has 2 aliphatic heterocycles. The maximum absolute atomic E-state index is 11.9. The number of rotatable bonds is 6. The lowest BCUT2D eigenvalue weighted by molar-refractivity contribution is -0.143. The van der Waals surface area contributed by atoms with Crippen molar-refractivity contribution in [3.05, 3.63) is 53.3 Å². The minimum Gasteiger partial charge on any atom is -0.507 e. The number of phenolic OH excluding ortho intramolecular Hbond substituents is 1. The van der Waals surface area contributed by atoms with Gasteiger partial charge in [-0.15, -0.1) is 10.2 Å². The predicted octanol–water partition coefficient (Wildman–Crippen LogP) is 3.26. The van der Waals surface area contributed by atoms with Crippen LogP contribution < -0.4 is 15.0 Å². The van der Waals surface area contributed by atoms with E-state index < -0.39 is 5.97 Å². The van der Waals surface area contributed by atoms with Crippen molar-refractivity contribution in [3.63, 3.8) is 0 Å². The lowest BCUT2D eigenvalue weighted by Crippen LogP contribution is -2.35. The quantitative estimate of drug-likeness (QED) is 0.319. The highest BCUT2D eigenvalue weighted by atomic mass is 16.6. The molecule has 1 fully saturated rings. The number of carbonyl (C=O) groups excluding carboxylic acids is 1. The van der Waals surface area contributed by atoms with Crippen molar-refractivity contribution in [2.45, 2.75) is 38.1 Å². The number of methoxy groups -OCH3 is 1. The third-order valence-corrected chi connectivity index (χ3v) is 7.70. The zero-order valence-electron chi connectivity index (χ0n) is 22.0. The highest BCUT2D eigenvalue weighted by Crippen LogP contribution is 2.39. The molecule has 6 rings (SSSR count). The van der Waals surface area contributed by atoms with Crippen LogP contribution in [-0.2, 0) is 16.0 Å². The van der Waals surface area contributed by atoms with E-state index >= 15 is 0 Å². The topological polar surface area (TPSA) is 138 Å². The molecule has 3 N–H and O–H groups in total. The molecule has 0 amide bonds. The van der Waals surface area contributed by atoms with E-state index in [-0.39, 0.29) is 24.3 Å². The summed E-state index contributed by atoms with van der Waals surface area (Å²) in [7, 11) is 1.34. The van der Waals surface area contributed by atoms with E-state index in [2.05, 4.69) is 32.3 Å². The summed E-state index contributed by atoms with van der Waals surface area (Å²) >= 11 is 0. The summed E-state index contributed by atoms with van der Waals surface area (Å²) in [6, 6.07) is 9.02. The van der Waals surface area contributed by atoms with E-state index in [9.17, 15) is 9.90 Å². The first kappa shape index (κ1) is 25.1. The van der Waals surface area contributed by atoms with Gasteiger partial charge in [0, 0.05) is 46.9 Å². The summed E-state index contributed by atoms with van der Waals surface area (Å²) < 4.78 is 10.7. The number of benzene rings is 1. The van der Waals surface area contributed by atoms with E-state index in [4.69, 9.17) is 19.4 Å². The van der Waals surface area contributed by atoms with Crippen LogP contribution >= 0.6 is 0 Å². The smallest absolute Gasteiger partial charge is 0.343 e. The number of esters is 1. The van der Waals surface area contributed by atoms with E-state index in [0.717, 1.165) is 54.6 Å². The number of nitrogens with one attached hydrogen (secondary N) is 2. The van der Waals surface area contributed by atoms with Crippen LogP contribution in [0, 0.1) is 0 Å². The lowest BCUT2D eigenvalue weighted by atomic mass is 9.92. The average molecular weight is 530 g/mol. The Morgan fingerprint density at radius 2 is 2.03 bits per heavy atom. The Labute approximate surface area is 225 Å². The van der Waals surface area contributed by atoms with Gasteiger partial charge in [0.2, 0.25) is 11.8 Å². The molecule has 0 radical (unpaired) electrons. The molecule has 0 saturated carbocycles. The Bertz CT molecular complexity index is 1520. The SMILES string of the molecule is COC(=O)COc1nc(N2CCc3[nH]c4nnc(-c5ccccc5O)cc4c3[C@H]2C)ncc1C1CCNCC1. The molecule has 39 heavy (non-hydrogen) atoms. The Morgan fingerprint density at radius 1 is 1.21 bits per heavy atom. The summed E-state index contributed by atoms with van der Waals surface area (Å²) in [5.41, 5.74) is 5.07. The number of aromatic amines is 1. The summed E-state index contributed by atoms with van der Waals surface area (Å²) in [5.74, 6) is 0.942.